The van der Waals surface area contributed by atoms with Crippen molar-refractivity contribution in [1.82, 2.24) is 9.80 Å². The molecule has 0 aliphatic carbocycles. The lowest BCUT2D eigenvalue weighted by molar-refractivity contribution is -0.135. The van der Waals surface area contributed by atoms with Crippen molar-refractivity contribution in [3.05, 3.63) is 64.1 Å². The van der Waals surface area contributed by atoms with Crippen molar-refractivity contribution in [1.29, 1.82) is 0 Å². The first-order valence-corrected chi connectivity index (χ1v) is 9.33. The largest absolute Gasteiger partial charge is 0.484 e. The van der Waals surface area contributed by atoms with Crippen molar-refractivity contribution in [2.24, 2.45) is 0 Å². The number of aryl methyl sites for hydroxylation is 1. The summed E-state index contributed by atoms with van der Waals surface area (Å²) < 4.78 is 6.73. The van der Waals surface area contributed by atoms with E-state index in [1.165, 1.54) is 5.56 Å². The van der Waals surface area contributed by atoms with Gasteiger partial charge in [0.05, 0.1) is 0 Å². The molecule has 0 saturated carbocycles. The lowest BCUT2D eigenvalue weighted by Crippen LogP contribution is -2.49. The van der Waals surface area contributed by atoms with Gasteiger partial charge >= 0.3 is 0 Å². The van der Waals surface area contributed by atoms with Gasteiger partial charge in [0.1, 0.15) is 5.75 Å². The van der Waals surface area contributed by atoms with E-state index in [1.807, 2.05) is 42.2 Å². The molecule has 1 aliphatic rings. The van der Waals surface area contributed by atoms with Crippen LogP contribution in [0.25, 0.3) is 0 Å². The molecule has 2 aromatic carbocycles. The molecule has 25 heavy (non-hydrogen) atoms. The molecule has 0 atom stereocenters. The zero-order valence-electron chi connectivity index (χ0n) is 14.5. The van der Waals surface area contributed by atoms with Crippen LogP contribution in [0, 0.1) is 6.92 Å². The fourth-order valence-electron chi connectivity index (χ4n) is 2.99. The topological polar surface area (TPSA) is 32.8 Å². The van der Waals surface area contributed by atoms with Crippen LogP contribution in [0.3, 0.4) is 0 Å². The number of piperazine rings is 1. The van der Waals surface area contributed by atoms with Crippen molar-refractivity contribution in [3.63, 3.8) is 0 Å². The Balaban J connectivity index is 1.44. The van der Waals surface area contributed by atoms with Crippen LogP contribution in [-0.2, 0) is 11.3 Å². The molecule has 0 bridgehead atoms. The van der Waals surface area contributed by atoms with E-state index in [9.17, 15) is 4.79 Å². The van der Waals surface area contributed by atoms with Crippen LogP contribution in [0.5, 0.6) is 5.75 Å². The predicted molar refractivity (Wildman–Crippen MR) is 103 cm³/mol. The van der Waals surface area contributed by atoms with Gasteiger partial charge in [0, 0.05) is 37.2 Å². The molecule has 2 aromatic rings. The van der Waals surface area contributed by atoms with Gasteiger partial charge in [-0.15, -0.1) is 0 Å². The quantitative estimate of drug-likeness (QED) is 0.767. The maximum Gasteiger partial charge on any atom is 0.260 e. The molecule has 1 fully saturated rings. The first-order chi connectivity index (χ1) is 12.1. The Kier molecular flexibility index (Phi) is 6.10. The maximum atomic E-state index is 12.3. The van der Waals surface area contributed by atoms with Crippen LogP contribution in [-0.4, -0.2) is 48.5 Å². The molecule has 0 spiro atoms. The number of nitrogens with zero attached hydrogens (tertiary/aromatic N) is 2. The van der Waals surface area contributed by atoms with Crippen LogP contribution < -0.4 is 4.74 Å². The van der Waals surface area contributed by atoms with E-state index in [0.717, 1.165) is 48.5 Å². The summed E-state index contributed by atoms with van der Waals surface area (Å²) in [6, 6.07) is 16.2. The van der Waals surface area contributed by atoms with Gasteiger partial charge < -0.3 is 9.64 Å². The zero-order chi connectivity index (χ0) is 17.6. The van der Waals surface area contributed by atoms with E-state index in [2.05, 4.69) is 39.0 Å². The van der Waals surface area contributed by atoms with Crippen molar-refractivity contribution in [2.75, 3.05) is 32.8 Å². The number of hydrogen-bond acceptors (Lipinski definition) is 3. The Bertz CT molecular complexity index is 727. The summed E-state index contributed by atoms with van der Waals surface area (Å²) in [6.45, 7) is 6.33. The molecule has 1 aliphatic heterocycles. The molecule has 1 heterocycles. The Labute approximate surface area is 157 Å². The van der Waals surface area contributed by atoms with Gasteiger partial charge in [0.2, 0.25) is 0 Å². The second kappa shape index (κ2) is 8.50. The minimum absolute atomic E-state index is 0.0589. The lowest BCUT2D eigenvalue weighted by atomic mass is 10.2. The average Bonchev–Trinajstić information content (AvgIpc) is 2.60. The number of benzene rings is 2. The first kappa shape index (κ1) is 18.0. The number of rotatable bonds is 5. The molecule has 0 N–H and O–H groups in total. The number of hydrogen-bond donors (Lipinski definition) is 0. The van der Waals surface area contributed by atoms with Crippen molar-refractivity contribution >= 4 is 21.8 Å². The van der Waals surface area contributed by atoms with Gasteiger partial charge in [0.15, 0.2) is 6.61 Å². The minimum Gasteiger partial charge on any atom is -0.484 e. The molecule has 0 unspecified atom stereocenters. The van der Waals surface area contributed by atoms with E-state index in [0.29, 0.717) is 0 Å². The fraction of sp³-hybridized carbons (Fsp3) is 0.350. The summed E-state index contributed by atoms with van der Waals surface area (Å²) in [5.74, 6) is 0.810. The van der Waals surface area contributed by atoms with Gasteiger partial charge in [-0.25, -0.2) is 0 Å². The Morgan fingerprint density at radius 3 is 2.56 bits per heavy atom. The molecule has 1 amide bonds. The second-order valence-electron chi connectivity index (χ2n) is 6.39. The van der Waals surface area contributed by atoms with Gasteiger partial charge in [0.25, 0.3) is 5.91 Å². The molecular formula is C20H23BrN2O2. The van der Waals surface area contributed by atoms with Crippen molar-refractivity contribution in [2.45, 2.75) is 13.5 Å². The van der Waals surface area contributed by atoms with Crippen LogP contribution in [0.1, 0.15) is 11.1 Å². The number of carbonyl (C=O) groups is 1. The molecule has 5 heteroatoms. The highest BCUT2D eigenvalue weighted by Crippen LogP contribution is 2.15. The van der Waals surface area contributed by atoms with Crippen LogP contribution in [0.2, 0.25) is 0 Å². The number of carbonyl (C=O) groups excluding carboxylic acids is 1. The highest BCUT2D eigenvalue weighted by molar-refractivity contribution is 9.10. The van der Waals surface area contributed by atoms with E-state index >= 15 is 0 Å². The highest BCUT2D eigenvalue weighted by Gasteiger charge is 2.21. The van der Waals surface area contributed by atoms with E-state index < -0.39 is 0 Å². The lowest BCUT2D eigenvalue weighted by Gasteiger charge is -2.34. The predicted octanol–water partition coefficient (Wildman–Crippen LogP) is 3.48. The molecule has 1 saturated heterocycles. The smallest absolute Gasteiger partial charge is 0.260 e. The monoisotopic (exact) mass is 402 g/mol. The average molecular weight is 403 g/mol. The molecule has 4 nitrogen and oxygen atoms in total. The third kappa shape index (κ3) is 5.31. The molecular weight excluding hydrogens is 380 g/mol. The molecule has 132 valence electrons. The first-order valence-electron chi connectivity index (χ1n) is 8.54. The number of amides is 1. The van der Waals surface area contributed by atoms with Crippen molar-refractivity contribution in [3.8, 4) is 5.75 Å². The normalized spacial score (nSPS) is 15.2. The van der Waals surface area contributed by atoms with Crippen LogP contribution in [0.4, 0.5) is 0 Å². The van der Waals surface area contributed by atoms with E-state index in [4.69, 9.17) is 4.74 Å². The highest BCUT2D eigenvalue weighted by atomic mass is 79.9. The molecule has 3 rings (SSSR count). The molecule has 0 aromatic heterocycles. The van der Waals surface area contributed by atoms with Gasteiger partial charge in [-0.2, -0.15) is 0 Å². The number of halogens is 1. The standard InChI is InChI=1S/C20H23BrN2O2/c1-16-4-2-7-19(12-16)25-15-20(24)23-10-8-22(9-11-23)14-17-5-3-6-18(21)13-17/h2-7,12-13H,8-11,14-15H2,1H3. The SMILES string of the molecule is Cc1cccc(OCC(=O)N2CCN(Cc3cccc(Br)c3)CC2)c1. The summed E-state index contributed by atoms with van der Waals surface area (Å²) >= 11 is 3.51. The summed E-state index contributed by atoms with van der Waals surface area (Å²) in [5.41, 5.74) is 2.42. The Morgan fingerprint density at radius 1 is 1.08 bits per heavy atom. The summed E-state index contributed by atoms with van der Waals surface area (Å²) in [7, 11) is 0. The minimum atomic E-state index is 0.0589. The van der Waals surface area contributed by atoms with E-state index in [-0.39, 0.29) is 12.5 Å². The van der Waals surface area contributed by atoms with E-state index in [1.54, 1.807) is 0 Å². The third-order valence-corrected chi connectivity index (χ3v) is 4.87. The fourth-order valence-corrected chi connectivity index (χ4v) is 3.44. The van der Waals surface area contributed by atoms with Gasteiger partial charge in [-0.05, 0) is 42.3 Å². The Morgan fingerprint density at radius 2 is 1.84 bits per heavy atom. The Hall–Kier alpha value is -1.85. The van der Waals surface area contributed by atoms with Crippen molar-refractivity contribution < 1.29 is 9.53 Å². The van der Waals surface area contributed by atoms with Crippen LogP contribution in [0.15, 0.2) is 53.0 Å². The van der Waals surface area contributed by atoms with Gasteiger partial charge in [-0.1, -0.05) is 40.2 Å². The molecule has 0 radical (unpaired) electrons. The third-order valence-electron chi connectivity index (χ3n) is 4.37. The zero-order valence-corrected chi connectivity index (χ0v) is 16.0. The summed E-state index contributed by atoms with van der Waals surface area (Å²) in [4.78, 5) is 16.6. The summed E-state index contributed by atoms with van der Waals surface area (Å²) in [5, 5.41) is 0. The second-order valence-corrected chi connectivity index (χ2v) is 7.31. The summed E-state index contributed by atoms with van der Waals surface area (Å²) in [6.07, 6.45) is 0. The number of ether oxygens (including phenoxy) is 1. The van der Waals surface area contributed by atoms with Gasteiger partial charge in [-0.3, -0.25) is 9.69 Å². The maximum absolute atomic E-state index is 12.3. The van der Waals surface area contributed by atoms with Crippen LogP contribution >= 0.6 is 15.9 Å².